The number of amides is 1. The normalized spacial score (nSPS) is 17.1. The van der Waals surface area contributed by atoms with Crippen molar-refractivity contribution in [2.24, 2.45) is 5.92 Å². The maximum atomic E-state index is 11.3. The maximum absolute atomic E-state index is 11.3. The van der Waals surface area contributed by atoms with E-state index in [1.54, 1.807) is 0 Å². The Hall–Kier alpha value is -0.830. The zero-order chi connectivity index (χ0) is 11.1. The Labute approximate surface area is 92.3 Å². The van der Waals surface area contributed by atoms with Crippen LogP contribution in [0.15, 0.2) is 12.7 Å². The second kappa shape index (κ2) is 6.62. The van der Waals surface area contributed by atoms with E-state index in [1.807, 2.05) is 6.08 Å². The van der Waals surface area contributed by atoms with E-state index in [2.05, 4.69) is 24.1 Å². The van der Waals surface area contributed by atoms with Gasteiger partial charge in [0, 0.05) is 25.0 Å². The van der Waals surface area contributed by atoms with Gasteiger partial charge in [0.15, 0.2) is 0 Å². The number of rotatable bonds is 8. The van der Waals surface area contributed by atoms with Crippen LogP contribution in [0.25, 0.3) is 0 Å². The summed E-state index contributed by atoms with van der Waals surface area (Å²) in [5, 5.41) is 6.30. The predicted octanol–water partition coefficient (Wildman–Crippen LogP) is 1.46. The van der Waals surface area contributed by atoms with E-state index in [9.17, 15) is 4.79 Å². The summed E-state index contributed by atoms with van der Waals surface area (Å²) in [7, 11) is 0. The first-order chi connectivity index (χ1) is 7.24. The van der Waals surface area contributed by atoms with Crippen LogP contribution in [0.4, 0.5) is 0 Å². The van der Waals surface area contributed by atoms with Gasteiger partial charge in [-0.25, -0.2) is 0 Å². The molecule has 1 fully saturated rings. The van der Waals surface area contributed by atoms with Crippen molar-refractivity contribution >= 4 is 5.91 Å². The average Bonchev–Trinajstić information content (AvgIpc) is 3.04. The molecule has 1 unspecified atom stereocenters. The molecule has 1 aliphatic carbocycles. The molecular formula is C12H22N2O. The molecule has 1 rings (SSSR count). The van der Waals surface area contributed by atoms with Gasteiger partial charge < -0.3 is 10.6 Å². The summed E-state index contributed by atoms with van der Waals surface area (Å²) in [6, 6.07) is 0.501. The Bertz CT molecular complexity index is 212. The summed E-state index contributed by atoms with van der Waals surface area (Å²) in [4.78, 5) is 11.3. The van der Waals surface area contributed by atoms with E-state index < -0.39 is 0 Å². The van der Waals surface area contributed by atoms with Gasteiger partial charge in [0.05, 0.1) is 0 Å². The van der Waals surface area contributed by atoms with Crippen LogP contribution in [-0.4, -0.2) is 25.0 Å². The van der Waals surface area contributed by atoms with Crippen LogP contribution in [0.3, 0.4) is 0 Å². The van der Waals surface area contributed by atoms with Crippen molar-refractivity contribution in [3.8, 4) is 0 Å². The standard InChI is InChI=1S/C12H22N2O/c1-3-4-5-10(2)13-8-9-14-12(15)11-6-7-11/h3,10-11,13H,1,4-9H2,2H3,(H,14,15). The first kappa shape index (κ1) is 12.2. The molecule has 0 spiro atoms. The molecule has 0 radical (unpaired) electrons. The lowest BCUT2D eigenvalue weighted by molar-refractivity contribution is -0.122. The lowest BCUT2D eigenvalue weighted by Crippen LogP contribution is -2.36. The summed E-state index contributed by atoms with van der Waals surface area (Å²) >= 11 is 0. The van der Waals surface area contributed by atoms with E-state index in [0.29, 0.717) is 12.0 Å². The predicted molar refractivity (Wildman–Crippen MR) is 62.6 cm³/mol. The highest BCUT2D eigenvalue weighted by molar-refractivity contribution is 5.80. The van der Waals surface area contributed by atoms with Gasteiger partial charge in [-0.3, -0.25) is 4.79 Å². The largest absolute Gasteiger partial charge is 0.355 e. The topological polar surface area (TPSA) is 41.1 Å². The van der Waals surface area contributed by atoms with Crippen LogP contribution in [0, 0.1) is 5.92 Å². The molecule has 0 bridgehead atoms. The van der Waals surface area contributed by atoms with Gasteiger partial charge in [-0.2, -0.15) is 0 Å². The summed E-state index contributed by atoms with van der Waals surface area (Å²) in [5.74, 6) is 0.554. The van der Waals surface area contributed by atoms with Crippen LogP contribution >= 0.6 is 0 Å². The van der Waals surface area contributed by atoms with E-state index in [4.69, 9.17) is 0 Å². The average molecular weight is 210 g/mol. The molecule has 1 aliphatic rings. The summed E-state index contributed by atoms with van der Waals surface area (Å²) in [6.45, 7) is 7.45. The minimum Gasteiger partial charge on any atom is -0.355 e. The zero-order valence-electron chi connectivity index (χ0n) is 9.59. The fourth-order valence-electron chi connectivity index (χ4n) is 1.46. The molecule has 0 aromatic rings. The molecule has 3 nitrogen and oxygen atoms in total. The summed E-state index contributed by atoms with van der Waals surface area (Å²) in [5.41, 5.74) is 0. The molecule has 3 heteroatoms. The minimum atomic E-state index is 0.232. The fourth-order valence-corrected chi connectivity index (χ4v) is 1.46. The lowest BCUT2D eigenvalue weighted by atomic mass is 10.2. The molecule has 86 valence electrons. The quantitative estimate of drug-likeness (QED) is 0.470. The Kier molecular flexibility index (Phi) is 5.40. The van der Waals surface area contributed by atoms with Crippen LogP contribution in [0.2, 0.25) is 0 Å². The Morgan fingerprint density at radius 3 is 2.87 bits per heavy atom. The van der Waals surface area contributed by atoms with Gasteiger partial charge in [-0.05, 0) is 32.6 Å². The molecule has 2 N–H and O–H groups in total. The van der Waals surface area contributed by atoms with E-state index >= 15 is 0 Å². The van der Waals surface area contributed by atoms with E-state index in [-0.39, 0.29) is 5.91 Å². The summed E-state index contributed by atoms with van der Waals surface area (Å²) in [6.07, 6.45) is 6.25. The third-order valence-electron chi connectivity index (χ3n) is 2.67. The highest BCUT2D eigenvalue weighted by atomic mass is 16.2. The number of carbonyl (C=O) groups is 1. The van der Waals surface area contributed by atoms with Gasteiger partial charge in [0.1, 0.15) is 0 Å². The number of allylic oxidation sites excluding steroid dienone is 1. The second-order valence-electron chi connectivity index (χ2n) is 4.29. The number of carbonyl (C=O) groups excluding carboxylic acids is 1. The molecular weight excluding hydrogens is 188 g/mol. The number of hydrogen-bond acceptors (Lipinski definition) is 2. The van der Waals surface area contributed by atoms with Crippen molar-refractivity contribution in [2.45, 2.75) is 38.6 Å². The molecule has 0 saturated heterocycles. The summed E-state index contributed by atoms with van der Waals surface area (Å²) < 4.78 is 0. The van der Waals surface area contributed by atoms with Gasteiger partial charge >= 0.3 is 0 Å². The smallest absolute Gasteiger partial charge is 0.223 e. The molecule has 0 aliphatic heterocycles. The molecule has 15 heavy (non-hydrogen) atoms. The lowest BCUT2D eigenvalue weighted by Gasteiger charge is -2.12. The minimum absolute atomic E-state index is 0.232. The van der Waals surface area contributed by atoms with Crippen molar-refractivity contribution in [1.29, 1.82) is 0 Å². The van der Waals surface area contributed by atoms with Crippen LogP contribution < -0.4 is 10.6 Å². The Balaban J connectivity index is 1.91. The van der Waals surface area contributed by atoms with Crippen LogP contribution in [0.5, 0.6) is 0 Å². The van der Waals surface area contributed by atoms with Crippen molar-refractivity contribution in [1.82, 2.24) is 10.6 Å². The van der Waals surface area contributed by atoms with E-state index in [0.717, 1.165) is 38.8 Å². The third-order valence-corrected chi connectivity index (χ3v) is 2.67. The Morgan fingerprint density at radius 2 is 2.27 bits per heavy atom. The number of hydrogen-bond donors (Lipinski definition) is 2. The highest BCUT2D eigenvalue weighted by Gasteiger charge is 2.28. The van der Waals surface area contributed by atoms with Gasteiger partial charge in [-0.15, -0.1) is 6.58 Å². The fraction of sp³-hybridized carbons (Fsp3) is 0.750. The molecule has 0 aromatic carbocycles. The Morgan fingerprint density at radius 1 is 1.53 bits per heavy atom. The monoisotopic (exact) mass is 210 g/mol. The number of nitrogens with one attached hydrogen (secondary N) is 2. The van der Waals surface area contributed by atoms with Crippen molar-refractivity contribution in [3.63, 3.8) is 0 Å². The van der Waals surface area contributed by atoms with Crippen molar-refractivity contribution in [3.05, 3.63) is 12.7 Å². The first-order valence-corrected chi connectivity index (χ1v) is 5.86. The second-order valence-corrected chi connectivity index (χ2v) is 4.29. The van der Waals surface area contributed by atoms with E-state index in [1.165, 1.54) is 0 Å². The van der Waals surface area contributed by atoms with Crippen LogP contribution in [0.1, 0.15) is 32.6 Å². The molecule has 1 amide bonds. The molecule has 0 aromatic heterocycles. The molecule has 1 atom stereocenters. The zero-order valence-corrected chi connectivity index (χ0v) is 9.59. The highest BCUT2D eigenvalue weighted by Crippen LogP contribution is 2.28. The van der Waals surface area contributed by atoms with Crippen LogP contribution in [-0.2, 0) is 4.79 Å². The SMILES string of the molecule is C=CCCC(C)NCCNC(=O)C1CC1. The molecule has 0 heterocycles. The van der Waals surface area contributed by atoms with Crippen molar-refractivity contribution in [2.75, 3.05) is 13.1 Å². The van der Waals surface area contributed by atoms with Gasteiger partial charge in [-0.1, -0.05) is 6.08 Å². The van der Waals surface area contributed by atoms with Crippen molar-refractivity contribution < 1.29 is 4.79 Å². The molecule has 1 saturated carbocycles. The first-order valence-electron chi connectivity index (χ1n) is 5.86. The van der Waals surface area contributed by atoms with Gasteiger partial charge in [0.25, 0.3) is 0 Å². The third kappa shape index (κ3) is 5.57. The maximum Gasteiger partial charge on any atom is 0.223 e. The van der Waals surface area contributed by atoms with Gasteiger partial charge in [0.2, 0.25) is 5.91 Å².